The number of para-hydroxylation sites is 1. The fourth-order valence-electron chi connectivity index (χ4n) is 2.70. The standard InChI is InChI=1S/C17H21N5OS/c1-11(2)12(14-8-9-19-22(14)3)10-18-16(23)21-17-20-13-6-4-5-7-15(13)24-17/h4-9,11-12H,10H2,1-3H3,(H2,18,20,21,23)/t12-/m0/s1. The smallest absolute Gasteiger partial charge is 0.321 e. The highest BCUT2D eigenvalue weighted by Crippen LogP contribution is 2.25. The second kappa shape index (κ2) is 7.00. The lowest BCUT2D eigenvalue weighted by Gasteiger charge is -2.21. The molecule has 3 aromatic rings. The highest BCUT2D eigenvalue weighted by Gasteiger charge is 2.20. The number of benzene rings is 1. The SMILES string of the molecule is CC(C)[C@H](CNC(=O)Nc1nc2ccccc2s1)c1ccnn1C. The summed E-state index contributed by atoms with van der Waals surface area (Å²) in [7, 11) is 1.92. The summed E-state index contributed by atoms with van der Waals surface area (Å²) < 4.78 is 2.92. The predicted molar refractivity (Wildman–Crippen MR) is 97.4 cm³/mol. The summed E-state index contributed by atoms with van der Waals surface area (Å²) in [6, 6.07) is 9.59. The van der Waals surface area contributed by atoms with Crippen LogP contribution in [0.2, 0.25) is 0 Å². The second-order valence-electron chi connectivity index (χ2n) is 6.05. The molecule has 0 saturated carbocycles. The van der Waals surface area contributed by atoms with Gasteiger partial charge < -0.3 is 5.32 Å². The number of thiazole rings is 1. The molecule has 0 saturated heterocycles. The molecular weight excluding hydrogens is 322 g/mol. The molecule has 0 radical (unpaired) electrons. The van der Waals surface area contributed by atoms with Crippen molar-refractivity contribution in [3.05, 3.63) is 42.2 Å². The Hall–Kier alpha value is -2.41. The summed E-state index contributed by atoms with van der Waals surface area (Å²) in [5.41, 5.74) is 2.01. The maximum atomic E-state index is 12.2. The molecule has 0 spiro atoms. The first-order valence-corrected chi connectivity index (χ1v) is 8.74. The highest BCUT2D eigenvalue weighted by molar-refractivity contribution is 7.22. The van der Waals surface area contributed by atoms with Crippen LogP contribution in [0.3, 0.4) is 0 Å². The molecule has 0 aliphatic carbocycles. The first-order chi connectivity index (χ1) is 11.5. The number of anilines is 1. The number of fused-ring (bicyclic) bond motifs is 1. The number of nitrogens with zero attached hydrogens (tertiary/aromatic N) is 3. The number of carbonyl (C=O) groups excluding carboxylic acids is 1. The van der Waals surface area contributed by atoms with E-state index in [9.17, 15) is 4.79 Å². The molecule has 24 heavy (non-hydrogen) atoms. The van der Waals surface area contributed by atoms with Crippen molar-refractivity contribution in [2.75, 3.05) is 11.9 Å². The normalized spacial score (nSPS) is 12.5. The van der Waals surface area contributed by atoms with Gasteiger partial charge in [-0.3, -0.25) is 10.00 Å². The van der Waals surface area contributed by atoms with Gasteiger partial charge in [-0.05, 0) is 24.1 Å². The molecule has 6 nitrogen and oxygen atoms in total. The number of urea groups is 1. The summed E-state index contributed by atoms with van der Waals surface area (Å²) in [6.45, 7) is 4.84. The molecule has 2 aromatic heterocycles. The molecule has 0 aliphatic rings. The first-order valence-electron chi connectivity index (χ1n) is 7.93. The van der Waals surface area contributed by atoms with Crippen LogP contribution in [0.1, 0.15) is 25.5 Å². The van der Waals surface area contributed by atoms with E-state index in [1.54, 1.807) is 6.20 Å². The predicted octanol–water partition coefficient (Wildman–Crippen LogP) is 3.59. The molecule has 0 unspecified atom stereocenters. The number of carbonyl (C=O) groups is 1. The molecule has 1 atom stereocenters. The Morgan fingerprint density at radius 3 is 2.75 bits per heavy atom. The Kier molecular flexibility index (Phi) is 4.80. The van der Waals surface area contributed by atoms with E-state index in [0.29, 0.717) is 17.6 Å². The van der Waals surface area contributed by atoms with Crippen molar-refractivity contribution in [2.24, 2.45) is 13.0 Å². The van der Waals surface area contributed by atoms with Crippen molar-refractivity contribution in [2.45, 2.75) is 19.8 Å². The zero-order chi connectivity index (χ0) is 17.1. The minimum Gasteiger partial charge on any atom is -0.337 e. The van der Waals surface area contributed by atoms with Gasteiger partial charge >= 0.3 is 6.03 Å². The van der Waals surface area contributed by atoms with Gasteiger partial charge in [0.1, 0.15) is 0 Å². The Morgan fingerprint density at radius 2 is 2.08 bits per heavy atom. The van der Waals surface area contributed by atoms with Gasteiger partial charge in [0.05, 0.1) is 10.2 Å². The van der Waals surface area contributed by atoms with Crippen molar-refractivity contribution in [1.29, 1.82) is 0 Å². The molecule has 2 heterocycles. The van der Waals surface area contributed by atoms with E-state index in [-0.39, 0.29) is 11.9 Å². The molecule has 0 fully saturated rings. The summed E-state index contributed by atoms with van der Waals surface area (Å²) >= 11 is 1.47. The average Bonchev–Trinajstić information content (AvgIpc) is 3.13. The lowest BCUT2D eigenvalue weighted by Crippen LogP contribution is -2.34. The van der Waals surface area contributed by atoms with E-state index in [1.165, 1.54) is 11.3 Å². The number of aromatic nitrogens is 3. The quantitative estimate of drug-likeness (QED) is 0.743. The van der Waals surface area contributed by atoms with E-state index in [1.807, 2.05) is 42.1 Å². The number of aryl methyl sites for hydroxylation is 1. The largest absolute Gasteiger partial charge is 0.337 e. The number of amides is 2. The third kappa shape index (κ3) is 3.56. The van der Waals surface area contributed by atoms with E-state index in [0.717, 1.165) is 15.9 Å². The van der Waals surface area contributed by atoms with E-state index < -0.39 is 0 Å². The van der Waals surface area contributed by atoms with Crippen LogP contribution in [0.15, 0.2) is 36.5 Å². The van der Waals surface area contributed by atoms with Crippen LogP contribution in [-0.2, 0) is 7.05 Å². The van der Waals surface area contributed by atoms with Crippen LogP contribution in [0, 0.1) is 5.92 Å². The van der Waals surface area contributed by atoms with Gasteiger partial charge in [-0.1, -0.05) is 37.3 Å². The fourth-order valence-corrected chi connectivity index (χ4v) is 3.56. The maximum absolute atomic E-state index is 12.2. The number of hydrogen-bond donors (Lipinski definition) is 2. The van der Waals surface area contributed by atoms with Gasteiger partial charge in [0, 0.05) is 31.4 Å². The topological polar surface area (TPSA) is 71.8 Å². The molecule has 2 N–H and O–H groups in total. The van der Waals surface area contributed by atoms with Crippen molar-refractivity contribution < 1.29 is 4.79 Å². The molecule has 126 valence electrons. The highest BCUT2D eigenvalue weighted by atomic mass is 32.1. The van der Waals surface area contributed by atoms with Crippen LogP contribution >= 0.6 is 11.3 Å². The van der Waals surface area contributed by atoms with Crippen molar-refractivity contribution in [3.63, 3.8) is 0 Å². The van der Waals surface area contributed by atoms with Crippen LogP contribution in [0.4, 0.5) is 9.93 Å². The van der Waals surface area contributed by atoms with Gasteiger partial charge in [-0.25, -0.2) is 9.78 Å². The minimum absolute atomic E-state index is 0.207. The van der Waals surface area contributed by atoms with Gasteiger partial charge in [0.2, 0.25) is 0 Å². The maximum Gasteiger partial charge on any atom is 0.321 e. The lowest BCUT2D eigenvalue weighted by molar-refractivity contribution is 0.250. The monoisotopic (exact) mass is 343 g/mol. The Bertz CT molecular complexity index is 805. The minimum atomic E-state index is -0.234. The van der Waals surface area contributed by atoms with E-state index >= 15 is 0 Å². The molecule has 0 aliphatic heterocycles. The Balaban J connectivity index is 1.62. The lowest BCUT2D eigenvalue weighted by atomic mass is 9.92. The summed E-state index contributed by atoms with van der Waals surface area (Å²) in [4.78, 5) is 16.6. The van der Waals surface area contributed by atoms with Gasteiger partial charge in [0.15, 0.2) is 5.13 Å². The van der Waals surface area contributed by atoms with E-state index in [4.69, 9.17) is 0 Å². The molecule has 3 rings (SSSR count). The van der Waals surface area contributed by atoms with Gasteiger partial charge in [0.25, 0.3) is 0 Å². The van der Waals surface area contributed by atoms with Gasteiger partial charge in [-0.15, -0.1) is 0 Å². The van der Waals surface area contributed by atoms with Gasteiger partial charge in [-0.2, -0.15) is 5.10 Å². The zero-order valence-corrected chi connectivity index (χ0v) is 14.8. The molecular formula is C17H21N5OS. The first kappa shape index (κ1) is 16.4. The summed E-state index contributed by atoms with van der Waals surface area (Å²) in [5, 5.41) is 10.6. The third-order valence-electron chi connectivity index (χ3n) is 4.04. The van der Waals surface area contributed by atoms with Crippen molar-refractivity contribution in [3.8, 4) is 0 Å². The van der Waals surface area contributed by atoms with E-state index in [2.05, 4.69) is 34.6 Å². The average molecular weight is 343 g/mol. The van der Waals surface area contributed by atoms with Crippen LogP contribution < -0.4 is 10.6 Å². The molecule has 1 aromatic carbocycles. The van der Waals surface area contributed by atoms with Crippen molar-refractivity contribution >= 4 is 32.7 Å². The summed E-state index contributed by atoms with van der Waals surface area (Å²) in [6.07, 6.45) is 1.78. The Labute approximate surface area is 144 Å². The van der Waals surface area contributed by atoms with Crippen LogP contribution in [0.25, 0.3) is 10.2 Å². The number of rotatable bonds is 5. The van der Waals surface area contributed by atoms with Crippen LogP contribution in [-0.4, -0.2) is 27.3 Å². The summed E-state index contributed by atoms with van der Waals surface area (Å²) in [5.74, 6) is 0.599. The fraction of sp³-hybridized carbons (Fsp3) is 0.353. The number of hydrogen-bond acceptors (Lipinski definition) is 4. The van der Waals surface area contributed by atoms with Crippen LogP contribution in [0.5, 0.6) is 0 Å². The molecule has 7 heteroatoms. The molecule has 0 bridgehead atoms. The second-order valence-corrected chi connectivity index (χ2v) is 7.08. The number of nitrogens with one attached hydrogen (secondary N) is 2. The Morgan fingerprint density at radius 1 is 1.29 bits per heavy atom. The molecule has 2 amide bonds. The van der Waals surface area contributed by atoms with Crippen molar-refractivity contribution in [1.82, 2.24) is 20.1 Å². The zero-order valence-electron chi connectivity index (χ0n) is 14.0. The third-order valence-corrected chi connectivity index (χ3v) is 4.99.